The van der Waals surface area contributed by atoms with Crippen LogP contribution in [0.25, 0.3) is 0 Å². The molecule has 0 spiro atoms. The van der Waals surface area contributed by atoms with E-state index in [1.165, 1.54) is 167 Å². The third-order valence-electron chi connectivity index (χ3n) is 14.4. The molecule has 0 amide bonds. The van der Waals surface area contributed by atoms with Gasteiger partial charge in [0.15, 0.2) is 0 Å². The van der Waals surface area contributed by atoms with E-state index in [9.17, 15) is 0 Å². The summed E-state index contributed by atoms with van der Waals surface area (Å²) in [5.41, 5.74) is 1.78. The van der Waals surface area contributed by atoms with E-state index in [2.05, 4.69) is 59.8 Å². The van der Waals surface area contributed by atoms with Crippen molar-refractivity contribution in [1.82, 2.24) is 0 Å². The second kappa shape index (κ2) is 42.9. The van der Waals surface area contributed by atoms with Crippen molar-refractivity contribution in [3.8, 4) is 0 Å². The van der Waals surface area contributed by atoms with Crippen LogP contribution in [0.4, 0.5) is 0 Å². The number of allylic oxidation sites excluding steroid dienone is 3. The number of unbranched alkanes of at least 4 members (excludes halogenated alkanes) is 15. The molecule has 4 aliphatic carbocycles. The molecule has 4 heteroatoms. The summed E-state index contributed by atoms with van der Waals surface area (Å²) < 4.78 is 6.30. The molecule has 370 valence electrons. The van der Waals surface area contributed by atoms with Gasteiger partial charge in [0.05, 0.1) is 6.10 Å². The van der Waals surface area contributed by atoms with E-state index in [1.807, 2.05) is 27.7 Å². The maximum absolute atomic E-state index is 8.92. The molecule has 0 radical (unpaired) electrons. The summed E-state index contributed by atoms with van der Waals surface area (Å²) >= 11 is 0. The molecule has 8 unspecified atom stereocenters. The minimum Gasteiger partial charge on any atom is -0.396 e. The molecule has 3 fully saturated rings. The molecule has 0 aromatic rings. The Morgan fingerprint density at radius 3 is 1.63 bits per heavy atom. The van der Waals surface area contributed by atoms with Gasteiger partial charge in [-0.25, -0.2) is 0 Å². The van der Waals surface area contributed by atoms with Crippen LogP contribution in [0.1, 0.15) is 262 Å². The second-order valence-corrected chi connectivity index (χ2v) is 20.8. The first-order valence-electron chi connectivity index (χ1n) is 28.0. The largest absolute Gasteiger partial charge is 0.396 e. The standard InChI is InChI=1S/C31H54O2.C18H36O.C4H10O.C3H8.C2H6/c1-22(2)9-8-10-23(3)26-15-16-31-28(26)17-18-29-27-14-12-25(21-24(27)11-13-30(29)31)33-20-7-5-4-6-19-32;1-2-3-4-5-6-7-8-9-10-11-12-13-14-15-16-17-18-19;1-4(2)3-5;1-3-2;1-2/h11,22-23,25-32H,4-10,12-21H2,1-3H3;9-10,19H,2-8,11-18H2,1H3;4-5H,3H2,1-2H3;3H2,1-2H3;1-2H3/b;10-9-;;;. The lowest BCUT2D eigenvalue weighted by Crippen LogP contribution is -2.42. The number of rotatable bonds is 28. The van der Waals surface area contributed by atoms with Crippen molar-refractivity contribution >= 4 is 0 Å². The van der Waals surface area contributed by atoms with E-state index < -0.39 is 0 Å². The summed E-state index contributed by atoms with van der Waals surface area (Å²) in [6.07, 6.45) is 47.7. The fourth-order valence-corrected chi connectivity index (χ4v) is 11.0. The average molecular weight is 876 g/mol. The fourth-order valence-electron chi connectivity index (χ4n) is 11.0. The Balaban J connectivity index is 0.00000109. The van der Waals surface area contributed by atoms with Gasteiger partial charge >= 0.3 is 0 Å². The van der Waals surface area contributed by atoms with E-state index in [0.29, 0.717) is 31.8 Å². The van der Waals surface area contributed by atoms with Crippen LogP contribution in [0.5, 0.6) is 0 Å². The Hall–Kier alpha value is -0.680. The van der Waals surface area contributed by atoms with Crippen LogP contribution in [0, 0.1) is 53.3 Å². The summed E-state index contributed by atoms with van der Waals surface area (Å²) in [4.78, 5) is 0. The Morgan fingerprint density at radius 1 is 0.565 bits per heavy atom. The van der Waals surface area contributed by atoms with Crippen molar-refractivity contribution in [3.05, 3.63) is 23.8 Å². The number of hydrogen-bond donors (Lipinski definition) is 3. The number of aliphatic hydroxyl groups excluding tert-OH is 3. The van der Waals surface area contributed by atoms with Crippen LogP contribution >= 0.6 is 0 Å². The summed E-state index contributed by atoms with van der Waals surface area (Å²) in [6.45, 7) is 23.7. The molecule has 62 heavy (non-hydrogen) atoms. The first-order chi connectivity index (χ1) is 30.2. The second-order valence-electron chi connectivity index (χ2n) is 20.8. The minimum atomic E-state index is 0.306. The van der Waals surface area contributed by atoms with Crippen LogP contribution in [0.3, 0.4) is 0 Å². The van der Waals surface area contributed by atoms with Crippen LogP contribution in [0.15, 0.2) is 23.8 Å². The van der Waals surface area contributed by atoms with Crippen LogP contribution in [0.2, 0.25) is 0 Å². The van der Waals surface area contributed by atoms with Gasteiger partial charge < -0.3 is 20.1 Å². The first-order valence-corrected chi connectivity index (χ1v) is 28.0. The van der Waals surface area contributed by atoms with Gasteiger partial charge in [-0.1, -0.05) is 189 Å². The van der Waals surface area contributed by atoms with Crippen LogP contribution in [-0.2, 0) is 4.74 Å². The molecule has 0 aromatic carbocycles. The van der Waals surface area contributed by atoms with Gasteiger partial charge in [-0.3, -0.25) is 0 Å². The Morgan fingerprint density at radius 2 is 1.08 bits per heavy atom. The molecule has 0 aromatic heterocycles. The van der Waals surface area contributed by atoms with Crippen molar-refractivity contribution < 1.29 is 20.1 Å². The summed E-state index contributed by atoms with van der Waals surface area (Å²) in [5, 5.41) is 25.7. The average Bonchev–Trinajstić information content (AvgIpc) is 3.72. The SMILES string of the molecule is CC.CC(C)CCCC(C)C1CCC2C1CCC1C3CCC(OCCCCCCO)CC3=CCC12.CC(C)CO.CCC.CCCCCCCC/C=C\CCCCCCCCO. The zero-order chi connectivity index (χ0) is 46.2. The van der Waals surface area contributed by atoms with E-state index in [-0.39, 0.29) is 0 Å². The maximum atomic E-state index is 8.92. The molecular weight excluding hydrogens is 761 g/mol. The number of ether oxygens (including phenoxy) is 1. The van der Waals surface area contributed by atoms with E-state index in [4.69, 9.17) is 20.1 Å². The zero-order valence-electron chi connectivity index (χ0n) is 43.8. The highest BCUT2D eigenvalue weighted by Crippen LogP contribution is 2.59. The molecule has 3 saturated carbocycles. The molecule has 0 aliphatic heterocycles. The van der Waals surface area contributed by atoms with Crippen molar-refractivity contribution in [2.45, 2.75) is 268 Å². The highest BCUT2D eigenvalue weighted by atomic mass is 16.5. The predicted octanol–water partition coefficient (Wildman–Crippen LogP) is 17.3. The molecular formula is C58H114O4. The number of hydrogen-bond acceptors (Lipinski definition) is 4. The Bertz CT molecular complexity index is 988. The lowest BCUT2D eigenvalue weighted by Gasteiger charge is -2.50. The minimum absolute atomic E-state index is 0.306. The van der Waals surface area contributed by atoms with Gasteiger partial charge in [0.2, 0.25) is 0 Å². The highest BCUT2D eigenvalue weighted by Gasteiger charge is 2.50. The van der Waals surface area contributed by atoms with Gasteiger partial charge in [-0.15, -0.1) is 0 Å². The first kappa shape index (κ1) is 61.3. The molecule has 0 saturated heterocycles. The van der Waals surface area contributed by atoms with Crippen molar-refractivity contribution in [1.29, 1.82) is 0 Å². The van der Waals surface area contributed by atoms with Crippen molar-refractivity contribution in [2.24, 2.45) is 53.3 Å². The number of fused-ring (bicyclic) bond motifs is 5. The quantitative estimate of drug-likeness (QED) is 0.0541. The fraction of sp³-hybridized carbons (Fsp3) is 0.931. The van der Waals surface area contributed by atoms with Crippen LogP contribution in [-0.4, -0.2) is 47.9 Å². The topological polar surface area (TPSA) is 69.9 Å². The zero-order valence-corrected chi connectivity index (χ0v) is 43.8. The molecule has 4 rings (SSSR count). The molecule has 0 bridgehead atoms. The van der Waals surface area contributed by atoms with Gasteiger partial charge in [0.1, 0.15) is 0 Å². The molecule has 4 aliphatic rings. The normalized spacial score (nSPS) is 24.2. The summed E-state index contributed by atoms with van der Waals surface area (Å²) in [6, 6.07) is 0. The van der Waals surface area contributed by atoms with Gasteiger partial charge in [-0.2, -0.15) is 0 Å². The van der Waals surface area contributed by atoms with E-state index >= 15 is 0 Å². The Kier molecular flexibility index (Phi) is 42.5. The van der Waals surface area contributed by atoms with Gasteiger partial charge in [0, 0.05) is 26.4 Å². The third kappa shape index (κ3) is 29.1. The third-order valence-corrected chi connectivity index (χ3v) is 14.4. The molecule has 8 atom stereocenters. The van der Waals surface area contributed by atoms with Crippen molar-refractivity contribution in [2.75, 3.05) is 26.4 Å². The molecule has 4 nitrogen and oxygen atoms in total. The Labute approximate surface area is 390 Å². The predicted molar refractivity (Wildman–Crippen MR) is 275 cm³/mol. The number of aliphatic hydroxyl groups is 3. The van der Waals surface area contributed by atoms with Crippen LogP contribution < -0.4 is 0 Å². The lowest BCUT2D eigenvalue weighted by atomic mass is 9.56. The van der Waals surface area contributed by atoms with E-state index in [0.717, 1.165) is 79.6 Å². The maximum Gasteiger partial charge on any atom is 0.0612 e. The summed E-state index contributed by atoms with van der Waals surface area (Å²) in [5.74, 6) is 8.22. The highest BCUT2D eigenvalue weighted by molar-refractivity contribution is 5.19. The van der Waals surface area contributed by atoms with Crippen molar-refractivity contribution in [3.63, 3.8) is 0 Å². The smallest absolute Gasteiger partial charge is 0.0612 e. The molecule has 0 heterocycles. The summed E-state index contributed by atoms with van der Waals surface area (Å²) in [7, 11) is 0. The van der Waals surface area contributed by atoms with E-state index in [1.54, 1.807) is 5.57 Å². The molecule has 3 N–H and O–H groups in total. The van der Waals surface area contributed by atoms with Gasteiger partial charge in [-0.05, 0) is 150 Å². The lowest BCUT2D eigenvalue weighted by molar-refractivity contribution is 0.000779. The van der Waals surface area contributed by atoms with Gasteiger partial charge in [0.25, 0.3) is 0 Å². The monoisotopic (exact) mass is 875 g/mol.